The lowest BCUT2D eigenvalue weighted by atomic mass is 9.96. The third-order valence-electron chi connectivity index (χ3n) is 6.59. The zero-order chi connectivity index (χ0) is 26.5. The van der Waals surface area contributed by atoms with E-state index in [1.165, 1.54) is 12.3 Å². The monoisotopic (exact) mass is 578 g/mol. The molecule has 4 aromatic rings. The number of para-hydroxylation sites is 1. The first-order valence-electron chi connectivity index (χ1n) is 12.3. The Bertz CT molecular complexity index is 1380. The molecule has 2 atom stereocenters. The van der Waals surface area contributed by atoms with Gasteiger partial charge in [-0.3, -0.25) is 15.2 Å². The van der Waals surface area contributed by atoms with Crippen molar-refractivity contribution in [1.29, 1.82) is 0 Å². The molecule has 1 aliphatic rings. The van der Waals surface area contributed by atoms with Gasteiger partial charge in [0, 0.05) is 44.4 Å². The second-order valence-corrected chi connectivity index (χ2v) is 9.92. The number of urea groups is 1. The van der Waals surface area contributed by atoms with Crippen molar-refractivity contribution in [2.45, 2.75) is 12.0 Å². The highest BCUT2D eigenvalue weighted by Gasteiger charge is 2.35. The number of pyridine rings is 1. The minimum Gasteiger partial charge on any atom is -0.383 e. The van der Waals surface area contributed by atoms with E-state index in [1.807, 2.05) is 60.7 Å². The molecule has 2 aromatic heterocycles. The summed E-state index contributed by atoms with van der Waals surface area (Å²) in [5.74, 6) is -0.0147. The molecule has 0 aliphatic carbocycles. The lowest BCUT2D eigenvalue weighted by Crippen LogP contribution is -2.42. The van der Waals surface area contributed by atoms with Crippen molar-refractivity contribution in [3.8, 4) is 16.9 Å². The van der Waals surface area contributed by atoms with Gasteiger partial charge in [0.1, 0.15) is 11.5 Å². The van der Waals surface area contributed by atoms with Crippen molar-refractivity contribution in [3.05, 3.63) is 95.0 Å². The Morgan fingerprint density at radius 2 is 1.84 bits per heavy atom. The van der Waals surface area contributed by atoms with Crippen LogP contribution in [0.2, 0.25) is 0 Å². The van der Waals surface area contributed by atoms with Crippen LogP contribution >= 0.6 is 15.9 Å². The summed E-state index contributed by atoms with van der Waals surface area (Å²) >= 11 is 3.67. The number of methoxy groups -OCH3 is 1. The number of carbonyl (C=O) groups is 1. The van der Waals surface area contributed by atoms with Crippen LogP contribution in [0, 0.1) is 5.82 Å². The smallest absolute Gasteiger partial charge is 0.320 e. The first kappa shape index (κ1) is 26.0. The average molecular weight is 579 g/mol. The van der Waals surface area contributed by atoms with E-state index in [9.17, 15) is 9.18 Å². The Morgan fingerprint density at radius 3 is 2.55 bits per heavy atom. The molecule has 10 heteroatoms. The highest BCUT2D eigenvalue weighted by atomic mass is 79.9. The van der Waals surface area contributed by atoms with Crippen molar-refractivity contribution >= 4 is 27.8 Å². The van der Waals surface area contributed by atoms with E-state index in [1.54, 1.807) is 18.0 Å². The summed E-state index contributed by atoms with van der Waals surface area (Å²) in [6.07, 6.45) is 2.84. The van der Waals surface area contributed by atoms with Crippen LogP contribution in [0.3, 0.4) is 0 Å². The summed E-state index contributed by atoms with van der Waals surface area (Å²) in [6, 6.07) is 20.2. The van der Waals surface area contributed by atoms with E-state index in [2.05, 4.69) is 36.4 Å². The maximum atomic E-state index is 14.0. The Morgan fingerprint density at radius 1 is 1.11 bits per heavy atom. The number of ether oxygens (including phenoxy) is 1. The molecule has 1 fully saturated rings. The van der Waals surface area contributed by atoms with Gasteiger partial charge in [-0.1, -0.05) is 48.5 Å². The molecule has 2 N–H and O–H groups in total. The molecule has 0 spiro atoms. The number of anilines is 1. The fraction of sp³-hybridized carbons (Fsp3) is 0.250. The van der Waals surface area contributed by atoms with E-state index in [-0.39, 0.29) is 18.0 Å². The molecule has 0 saturated carbocycles. The van der Waals surface area contributed by atoms with Crippen LogP contribution in [0.5, 0.6) is 0 Å². The van der Waals surface area contributed by atoms with Crippen molar-refractivity contribution in [2.75, 3.05) is 38.7 Å². The van der Waals surface area contributed by atoms with Gasteiger partial charge in [-0.2, -0.15) is 5.10 Å². The van der Waals surface area contributed by atoms with Crippen LogP contribution < -0.4 is 10.6 Å². The summed E-state index contributed by atoms with van der Waals surface area (Å²) in [5.41, 5.74) is 3.18. The third kappa shape index (κ3) is 5.77. The zero-order valence-electron chi connectivity index (χ0n) is 20.8. The number of halogens is 2. The SMILES string of the molecule is COCCN1C[C@@H](NC(=O)Nc2c(Br)c(-c3ccccc3)nn2-c2ccccc2)[C@H](c2cncc(F)c2)C1. The van der Waals surface area contributed by atoms with Crippen LogP contribution in [0.1, 0.15) is 11.5 Å². The normalized spacial score (nSPS) is 17.4. The number of amides is 2. The number of hydrogen-bond donors (Lipinski definition) is 2. The molecule has 5 rings (SSSR count). The molecular weight excluding hydrogens is 551 g/mol. The maximum absolute atomic E-state index is 14.0. The fourth-order valence-electron chi connectivity index (χ4n) is 4.76. The summed E-state index contributed by atoms with van der Waals surface area (Å²) in [7, 11) is 1.66. The van der Waals surface area contributed by atoms with E-state index in [0.29, 0.717) is 42.2 Å². The molecule has 1 aliphatic heterocycles. The van der Waals surface area contributed by atoms with Crippen LogP contribution in [-0.2, 0) is 4.74 Å². The summed E-state index contributed by atoms with van der Waals surface area (Å²) < 4.78 is 21.6. The van der Waals surface area contributed by atoms with E-state index < -0.39 is 5.82 Å². The van der Waals surface area contributed by atoms with Gasteiger partial charge in [-0.15, -0.1) is 0 Å². The van der Waals surface area contributed by atoms with Gasteiger partial charge in [0.15, 0.2) is 5.82 Å². The van der Waals surface area contributed by atoms with Crippen LogP contribution in [0.4, 0.5) is 15.0 Å². The van der Waals surface area contributed by atoms with E-state index in [4.69, 9.17) is 9.84 Å². The number of carbonyl (C=O) groups excluding carboxylic acids is 1. The topological polar surface area (TPSA) is 84.3 Å². The second-order valence-electron chi connectivity index (χ2n) is 9.12. The number of likely N-dealkylation sites (tertiary alicyclic amines) is 1. The first-order valence-corrected chi connectivity index (χ1v) is 13.1. The van der Waals surface area contributed by atoms with Gasteiger partial charge in [0.25, 0.3) is 0 Å². The third-order valence-corrected chi connectivity index (χ3v) is 7.34. The van der Waals surface area contributed by atoms with Gasteiger partial charge < -0.3 is 10.1 Å². The summed E-state index contributed by atoms with van der Waals surface area (Å²) in [4.78, 5) is 19.6. The molecule has 1 saturated heterocycles. The van der Waals surface area contributed by atoms with E-state index in [0.717, 1.165) is 16.8 Å². The highest BCUT2D eigenvalue weighted by Crippen LogP contribution is 2.36. The Kier molecular flexibility index (Phi) is 8.11. The summed E-state index contributed by atoms with van der Waals surface area (Å²) in [5, 5.41) is 10.9. The predicted octanol–water partition coefficient (Wildman–Crippen LogP) is 5.07. The maximum Gasteiger partial charge on any atom is 0.320 e. The number of aromatic nitrogens is 3. The lowest BCUT2D eigenvalue weighted by molar-refractivity contribution is 0.159. The Balaban J connectivity index is 1.41. The van der Waals surface area contributed by atoms with Crippen molar-refractivity contribution in [2.24, 2.45) is 0 Å². The van der Waals surface area contributed by atoms with Crippen molar-refractivity contribution in [1.82, 2.24) is 25.0 Å². The number of benzene rings is 2. The minimum absolute atomic E-state index is 0.122. The molecule has 0 bridgehead atoms. The van der Waals surface area contributed by atoms with Gasteiger partial charge in [0.2, 0.25) is 0 Å². The van der Waals surface area contributed by atoms with Crippen molar-refractivity contribution in [3.63, 3.8) is 0 Å². The van der Waals surface area contributed by atoms with Crippen LogP contribution in [0.25, 0.3) is 16.9 Å². The van der Waals surface area contributed by atoms with Crippen LogP contribution in [-0.4, -0.2) is 65.1 Å². The quantitative estimate of drug-likeness (QED) is 0.305. The highest BCUT2D eigenvalue weighted by molar-refractivity contribution is 9.10. The molecule has 0 unspecified atom stereocenters. The Labute approximate surface area is 229 Å². The summed E-state index contributed by atoms with van der Waals surface area (Å²) in [6.45, 7) is 2.54. The zero-order valence-corrected chi connectivity index (χ0v) is 22.4. The average Bonchev–Trinajstić information content (AvgIpc) is 3.49. The second kappa shape index (κ2) is 11.8. The molecule has 2 amide bonds. The van der Waals surface area contributed by atoms with Crippen LogP contribution in [0.15, 0.2) is 83.6 Å². The molecule has 8 nitrogen and oxygen atoms in total. The largest absolute Gasteiger partial charge is 0.383 e. The Hall–Kier alpha value is -3.60. The van der Waals surface area contributed by atoms with Gasteiger partial charge in [-0.05, 0) is 39.7 Å². The predicted molar refractivity (Wildman–Crippen MR) is 148 cm³/mol. The lowest BCUT2D eigenvalue weighted by Gasteiger charge is -2.20. The first-order chi connectivity index (χ1) is 18.5. The molecule has 2 aromatic carbocycles. The molecule has 3 heterocycles. The number of nitrogens with one attached hydrogen (secondary N) is 2. The van der Waals surface area contributed by atoms with Gasteiger partial charge >= 0.3 is 6.03 Å². The number of nitrogens with zero attached hydrogens (tertiary/aromatic N) is 4. The van der Waals surface area contributed by atoms with Crippen molar-refractivity contribution < 1.29 is 13.9 Å². The fourth-order valence-corrected chi connectivity index (χ4v) is 5.33. The molecule has 0 radical (unpaired) electrons. The number of rotatable bonds is 8. The minimum atomic E-state index is -0.398. The molecular formula is C28H28BrFN6O2. The standard InChI is InChI=1S/C28H28BrFN6O2/c1-38-13-12-35-17-23(20-14-21(30)16-31-15-20)24(18-35)32-28(37)33-27-25(29)26(19-8-4-2-5-9-19)34-36(27)22-10-6-3-7-11-22/h2-11,14-16,23-24H,12-13,17-18H2,1H3,(H2,32,33,37)/t23-,24+/m0/s1. The number of hydrogen-bond acceptors (Lipinski definition) is 5. The van der Waals surface area contributed by atoms with Gasteiger partial charge in [-0.25, -0.2) is 13.9 Å². The molecule has 38 heavy (non-hydrogen) atoms. The van der Waals surface area contributed by atoms with E-state index >= 15 is 0 Å². The van der Waals surface area contributed by atoms with Gasteiger partial charge in [0.05, 0.1) is 29.0 Å². The molecule has 196 valence electrons.